The smallest absolute Gasteiger partial charge is 0.307 e. The van der Waals surface area contributed by atoms with Crippen molar-refractivity contribution in [3.8, 4) is 0 Å². The van der Waals surface area contributed by atoms with E-state index in [9.17, 15) is 9.18 Å². The minimum absolute atomic E-state index is 0.212. The second-order valence-electron chi connectivity index (χ2n) is 3.11. The van der Waals surface area contributed by atoms with E-state index in [4.69, 9.17) is 5.73 Å². The van der Waals surface area contributed by atoms with Crippen molar-refractivity contribution in [2.45, 2.75) is 6.42 Å². The van der Waals surface area contributed by atoms with Crippen LogP contribution >= 0.6 is 22.6 Å². The number of nitrogen functional groups attached to an aromatic ring is 1. The summed E-state index contributed by atoms with van der Waals surface area (Å²) in [6.07, 6.45) is 0.212. The molecule has 4 nitrogen and oxygen atoms in total. The van der Waals surface area contributed by atoms with Crippen LogP contribution in [0, 0.1) is 9.39 Å². The molecule has 0 radical (unpaired) electrons. The van der Waals surface area contributed by atoms with Gasteiger partial charge < -0.3 is 15.8 Å². The van der Waals surface area contributed by atoms with Gasteiger partial charge in [-0.2, -0.15) is 0 Å². The lowest BCUT2D eigenvalue weighted by atomic mass is 10.2. The van der Waals surface area contributed by atoms with Crippen LogP contribution in [0.4, 0.5) is 15.8 Å². The summed E-state index contributed by atoms with van der Waals surface area (Å²) >= 11 is 1.86. The Bertz CT molecular complexity index is 399. The Morgan fingerprint density at radius 3 is 2.94 bits per heavy atom. The first-order chi connectivity index (χ1) is 7.54. The highest BCUT2D eigenvalue weighted by Crippen LogP contribution is 2.23. The van der Waals surface area contributed by atoms with E-state index in [2.05, 4.69) is 10.1 Å². The van der Waals surface area contributed by atoms with E-state index in [1.807, 2.05) is 22.6 Å². The fourth-order valence-electron chi connectivity index (χ4n) is 1.12. The normalized spacial score (nSPS) is 9.94. The largest absolute Gasteiger partial charge is 0.469 e. The number of benzene rings is 1. The molecule has 0 aromatic heterocycles. The molecular weight excluding hydrogens is 326 g/mol. The molecule has 0 aliphatic heterocycles. The quantitative estimate of drug-likeness (QED) is 0.501. The van der Waals surface area contributed by atoms with Gasteiger partial charge in [0, 0.05) is 12.6 Å². The van der Waals surface area contributed by atoms with Crippen molar-refractivity contribution >= 4 is 39.9 Å². The molecule has 0 unspecified atom stereocenters. The first-order valence-electron chi connectivity index (χ1n) is 4.59. The fraction of sp³-hybridized carbons (Fsp3) is 0.300. The molecular formula is C10H12FIN2O2. The van der Waals surface area contributed by atoms with E-state index >= 15 is 0 Å². The van der Waals surface area contributed by atoms with Gasteiger partial charge in [-0.25, -0.2) is 4.39 Å². The monoisotopic (exact) mass is 338 g/mol. The number of nitrogens with one attached hydrogen (secondary N) is 1. The zero-order valence-electron chi connectivity index (χ0n) is 8.72. The van der Waals surface area contributed by atoms with Crippen LogP contribution in [0.1, 0.15) is 6.42 Å². The van der Waals surface area contributed by atoms with Crippen molar-refractivity contribution in [3.63, 3.8) is 0 Å². The number of hydrogen-bond acceptors (Lipinski definition) is 4. The summed E-state index contributed by atoms with van der Waals surface area (Å²) in [5.74, 6) is -0.660. The molecule has 0 aliphatic carbocycles. The van der Waals surface area contributed by atoms with Crippen molar-refractivity contribution in [2.75, 3.05) is 24.7 Å². The molecule has 16 heavy (non-hydrogen) atoms. The number of carbonyl (C=O) groups excluding carboxylic acids is 1. The topological polar surface area (TPSA) is 64.3 Å². The molecule has 0 fully saturated rings. The van der Waals surface area contributed by atoms with Gasteiger partial charge in [0.2, 0.25) is 0 Å². The maximum absolute atomic E-state index is 13.2. The highest BCUT2D eigenvalue weighted by molar-refractivity contribution is 14.1. The van der Waals surface area contributed by atoms with Crippen LogP contribution in [0.2, 0.25) is 0 Å². The number of methoxy groups -OCH3 is 1. The van der Waals surface area contributed by atoms with E-state index in [1.54, 1.807) is 0 Å². The predicted molar refractivity (Wildman–Crippen MR) is 68.7 cm³/mol. The average Bonchev–Trinajstić information content (AvgIpc) is 2.25. The van der Waals surface area contributed by atoms with Crippen molar-refractivity contribution in [2.24, 2.45) is 0 Å². The second-order valence-corrected chi connectivity index (χ2v) is 4.27. The maximum atomic E-state index is 13.2. The van der Waals surface area contributed by atoms with Gasteiger partial charge in [-0.3, -0.25) is 4.79 Å². The Kier molecular flexibility index (Phi) is 4.78. The third-order valence-corrected chi connectivity index (χ3v) is 2.79. The molecule has 6 heteroatoms. The number of anilines is 2. The summed E-state index contributed by atoms with van der Waals surface area (Å²) in [5.41, 5.74) is 6.63. The van der Waals surface area contributed by atoms with Gasteiger partial charge in [0.1, 0.15) is 5.82 Å². The van der Waals surface area contributed by atoms with Crippen LogP contribution in [-0.4, -0.2) is 19.6 Å². The predicted octanol–water partition coefficient (Wildman–Crippen LogP) is 1.99. The van der Waals surface area contributed by atoms with Crippen molar-refractivity contribution in [3.05, 3.63) is 21.5 Å². The third-order valence-electron chi connectivity index (χ3n) is 1.96. The molecule has 3 N–H and O–H groups in total. The number of hydrogen-bond donors (Lipinski definition) is 2. The number of esters is 1. The number of carbonyl (C=O) groups is 1. The molecule has 88 valence electrons. The molecule has 0 bridgehead atoms. The van der Waals surface area contributed by atoms with E-state index in [0.29, 0.717) is 21.5 Å². The van der Waals surface area contributed by atoms with Crippen LogP contribution < -0.4 is 11.1 Å². The first kappa shape index (κ1) is 13.0. The van der Waals surface area contributed by atoms with Crippen molar-refractivity contribution < 1.29 is 13.9 Å². The zero-order chi connectivity index (χ0) is 12.1. The molecule has 0 atom stereocenters. The van der Waals surface area contributed by atoms with Gasteiger partial charge in [-0.1, -0.05) is 0 Å². The third kappa shape index (κ3) is 3.51. The average molecular weight is 338 g/mol. The van der Waals surface area contributed by atoms with Crippen molar-refractivity contribution in [1.82, 2.24) is 0 Å². The Labute approximate surface area is 106 Å². The Morgan fingerprint density at radius 2 is 2.31 bits per heavy atom. The second kappa shape index (κ2) is 5.88. The van der Waals surface area contributed by atoms with Crippen LogP contribution in [0.5, 0.6) is 0 Å². The fourth-order valence-corrected chi connectivity index (χ4v) is 1.61. The Morgan fingerprint density at radius 1 is 1.62 bits per heavy atom. The van der Waals surface area contributed by atoms with E-state index in [-0.39, 0.29) is 18.2 Å². The van der Waals surface area contributed by atoms with Gasteiger partial charge in [-0.15, -0.1) is 0 Å². The number of rotatable bonds is 4. The Hall–Kier alpha value is -1.05. The Balaban J connectivity index is 2.60. The molecule has 0 spiro atoms. The highest BCUT2D eigenvalue weighted by Gasteiger charge is 2.06. The summed E-state index contributed by atoms with van der Waals surface area (Å²) in [6, 6.07) is 2.85. The SMILES string of the molecule is COC(=O)CCNc1cc(F)c(I)cc1N. The van der Waals surface area contributed by atoms with E-state index < -0.39 is 0 Å². The standard InChI is InChI=1S/C10H12FIN2O2/c1-16-10(15)2-3-14-9-4-6(11)7(12)5-8(9)13/h4-5,14H,2-3,13H2,1H3. The summed E-state index contributed by atoms with van der Waals surface area (Å²) < 4.78 is 18.2. The van der Waals surface area contributed by atoms with Crippen LogP contribution in [0.15, 0.2) is 12.1 Å². The van der Waals surface area contributed by atoms with Gasteiger partial charge >= 0.3 is 5.97 Å². The van der Waals surface area contributed by atoms with Crippen LogP contribution in [-0.2, 0) is 9.53 Å². The first-order valence-corrected chi connectivity index (χ1v) is 5.67. The number of halogens is 2. The lowest BCUT2D eigenvalue weighted by molar-refractivity contribution is -0.140. The molecule has 0 saturated carbocycles. The minimum Gasteiger partial charge on any atom is -0.469 e. The summed E-state index contributed by atoms with van der Waals surface area (Å²) in [7, 11) is 1.32. The lowest BCUT2D eigenvalue weighted by Crippen LogP contribution is -2.11. The molecule has 1 aromatic rings. The number of nitrogens with two attached hydrogens (primary N) is 1. The number of ether oxygens (including phenoxy) is 1. The molecule has 1 aromatic carbocycles. The van der Waals surface area contributed by atoms with Crippen LogP contribution in [0.25, 0.3) is 0 Å². The summed E-state index contributed by atoms with van der Waals surface area (Å²) in [5, 5.41) is 2.88. The molecule has 1 rings (SSSR count). The molecule has 0 amide bonds. The van der Waals surface area contributed by atoms with Gasteiger partial charge in [0.05, 0.1) is 28.5 Å². The molecule has 0 aliphatic rings. The van der Waals surface area contributed by atoms with Crippen LogP contribution in [0.3, 0.4) is 0 Å². The molecule has 0 saturated heterocycles. The summed E-state index contributed by atoms with van der Waals surface area (Å²) in [6.45, 7) is 0.358. The zero-order valence-corrected chi connectivity index (χ0v) is 10.9. The van der Waals surface area contributed by atoms with Gasteiger partial charge in [0.15, 0.2) is 0 Å². The summed E-state index contributed by atoms with van der Waals surface area (Å²) in [4.78, 5) is 10.8. The minimum atomic E-state index is -0.338. The van der Waals surface area contributed by atoms with E-state index in [0.717, 1.165) is 0 Å². The maximum Gasteiger partial charge on any atom is 0.307 e. The van der Waals surface area contributed by atoms with Gasteiger partial charge in [0.25, 0.3) is 0 Å². The van der Waals surface area contributed by atoms with Crippen molar-refractivity contribution in [1.29, 1.82) is 0 Å². The lowest BCUT2D eigenvalue weighted by Gasteiger charge is -2.09. The van der Waals surface area contributed by atoms with Gasteiger partial charge in [-0.05, 0) is 28.7 Å². The van der Waals surface area contributed by atoms with E-state index in [1.165, 1.54) is 19.2 Å². The molecule has 0 heterocycles. The highest BCUT2D eigenvalue weighted by atomic mass is 127.